The lowest BCUT2D eigenvalue weighted by Gasteiger charge is -2.31. The number of esters is 2. The fourth-order valence-electron chi connectivity index (χ4n) is 3.40. The Balaban J connectivity index is 2.62. The van der Waals surface area contributed by atoms with E-state index in [0.717, 1.165) is 13.2 Å². The fourth-order valence-corrected chi connectivity index (χ4v) is 3.59. The normalized spacial score (nSPS) is 17.0. The van der Waals surface area contributed by atoms with Crippen molar-refractivity contribution in [2.75, 3.05) is 19.6 Å². The van der Waals surface area contributed by atoms with Crippen LogP contribution in [0.3, 0.4) is 0 Å². The second-order valence-electron chi connectivity index (χ2n) is 6.74. The van der Waals surface area contributed by atoms with E-state index in [-0.39, 0.29) is 23.3 Å². The van der Waals surface area contributed by atoms with Gasteiger partial charge in [0.05, 0.1) is 36.3 Å². The summed E-state index contributed by atoms with van der Waals surface area (Å²) < 4.78 is 51.3. The standard InChI is InChI=1S/C21H23ClF3NO4/c1-12-16(19(27)29-3)18(14-8-4-5-9-15(14)21(23,24)25)17(13(2)26-12)20(28)30-11-7-6-10-22/h4-5,8-9,18,26H,6-7,10-11H2,1-3H3. The van der Waals surface area contributed by atoms with E-state index in [4.69, 9.17) is 21.1 Å². The van der Waals surface area contributed by atoms with Crippen molar-refractivity contribution in [3.05, 3.63) is 57.9 Å². The molecule has 1 N–H and O–H groups in total. The lowest BCUT2D eigenvalue weighted by atomic mass is 9.78. The predicted octanol–water partition coefficient (Wildman–Crippen LogP) is 4.68. The number of dihydropyridines is 1. The molecule has 164 valence electrons. The number of hydrogen-bond donors (Lipinski definition) is 1. The summed E-state index contributed by atoms with van der Waals surface area (Å²) in [6.45, 7) is 3.16. The molecule has 0 aromatic heterocycles. The number of unbranched alkanes of at least 4 members (excludes halogenated alkanes) is 1. The first-order valence-electron chi connectivity index (χ1n) is 9.29. The van der Waals surface area contributed by atoms with E-state index in [1.54, 1.807) is 13.8 Å². The van der Waals surface area contributed by atoms with Gasteiger partial charge in [0.2, 0.25) is 0 Å². The molecule has 1 unspecified atom stereocenters. The largest absolute Gasteiger partial charge is 0.466 e. The van der Waals surface area contributed by atoms with E-state index in [2.05, 4.69) is 5.32 Å². The van der Waals surface area contributed by atoms with Gasteiger partial charge < -0.3 is 14.8 Å². The molecule has 9 heteroatoms. The van der Waals surface area contributed by atoms with Crippen molar-refractivity contribution >= 4 is 23.5 Å². The second-order valence-corrected chi connectivity index (χ2v) is 7.12. The number of halogens is 4. The van der Waals surface area contributed by atoms with Crippen LogP contribution in [0.5, 0.6) is 0 Å². The second kappa shape index (κ2) is 10.0. The zero-order chi connectivity index (χ0) is 22.5. The molecule has 1 aliphatic heterocycles. The minimum Gasteiger partial charge on any atom is -0.466 e. The Labute approximate surface area is 177 Å². The highest BCUT2D eigenvalue weighted by molar-refractivity contribution is 6.17. The molecule has 1 aliphatic rings. The van der Waals surface area contributed by atoms with Gasteiger partial charge in [-0.2, -0.15) is 13.2 Å². The van der Waals surface area contributed by atoms with Crippen molar-refractivity contribution in [1.82, 2.24) is 5.32 Å². The lowest BCUT2D eigenvalue weighted by molar-refractivity contribution is -0.141. The number of methoxy groups -OCH3 is 1. The third kappa shape index (κ3) is 5.16. The molecule has 0 bridgehead atoms. The van der Waals surface area contributed by atoms with Gasteiger partial charge in [0.15, 0.2) is 0 Å². The van der Waals surface area contributed by atoms with E-state index in [1.165, 1.54) is 18.2 Å². The van der Waals surface area contributed by atoms with Gasteiger partial charge in [-0.25, -0.2) is 9.59 Å². The first kappa shape index (κ1) is 23.8. The van der Waals surface area contributed by atoms with Crippen LogP contribution in [0.25, 0.3) is 0 Å². The van der Waals surface area contributed by atoms with Crippen LogP contribution in [0.1, 0.15) is 43.7 Å². The van der Waals surface area contributed by atoms with E-state index in [1.807, 2.05) is 0 Å². The Morgan fingerprint density at radius 3 is 2.23 bits per heavy atom. The number of carbonyl (C=O) groups is 2. The van der Waals surface area contributed by atoms with Gasteiger partial charge in [-0.05, 0) is 38.3 Å². The quantitative estimate of drug-likeness (QED) is 0.375. The van der Waals surface area contributed by atoms with Gasteiger partial charge in [-0.3, -0.25) is 0 Å². The molecule has 30 heavy (non-hydrogen) atoms. The zero-order valence-corrected chi connectivity index (χ0v) is 17.6. The maximum absolute atomic E-state index is 13.7. The average molecular weight is 446 g/mol. The van der Waals surface area contributed by atoms with Gasteiger partial charge in [0.1, 0.15) is 0 Å². The van der Waals surface area contributed by atoms with E-state index in [9.17, 15) is 22.8 Å². The molecule has 0 radical (unpaired) electrons. The molecule has 1 aromatic carbocycles. The van der Waals surface area contributed by atoms with Crippen molar-refractivity contribution in [1.29, 1.82) is 0 Å². The Bertz CT molecular complexity index is 877. The van der Waals surface area contributed by atoms with Crippen LogP contribution >= 0.6 is 11.6 Å². The summed E-state index contributed by atoms with van der Waals surface area (Å²) in [7, 11) is 1.13. The monoisotopic (exact) mass is 445 g/mol. The van der Waals surface area contributed by atoms with Crippen LogP contribution in [-0.4, -0.2) is 31.5 Å². The molecule has 0 spiro atoms. The molecule has 1 aromatic rings. The van der Waals surface area contributed by atoms with E-state index >= 15 is 0 Å². The molecule has 0 saturated carbocycles. The Morgan fingerprint density at radius 1 is 1.07 bits per heavy atom. The summed E-state index contributed by atoms with van der Waals surface area (Å²) >= 11 is 5.61. The topological polar surface area (TPSA) is 64.6 Å². The SMILES string of the molecule is COC(=O)C1=C(C)NC(C)=C(C(=O)OCCCCCl)C1c1ccccc1C(F)(F)F. The highest BCUT2D eigenvalue weighted by Crippen LogP contribution is 2.44. The first-order valence-corrected chi connectivity index (χ1v) is 9.83. The molecular weight excluding hydrogens is 423 g/mol. The van der Waals surface area contributed by atoms with E-state index in [0.29, 0.717) is 30.1 Å². The molecule has 5 nitrogen and oxygen atoms in total. The third-order valence-electron chi connectivity index (χ3n) is 4.72. The van der Waals surface area contributed by atoms with Crippen LogP contribution in [0, 0.1) is 0 Å². The maximum atomic E-state index is 13.7. The summed E-state index contributed by atoms with van der Waals surface area (Å²) in [4.78, 5) is 25.4. The number of carbonyl (C=O) groups excluding carboxylic acids is 2. The number of nitrogens with one attached hydrogen (secondary N) is 1. The van der Waals surface area contributed by atoms with Crippen LogP contribution < -0.4 is 5.32 Å². The van der Waals surface area contributed by atoms with Gasteiger partial charge >= 0.3 is 18.1 Å². The molecule has 1 atom stereocenters. The Kier molecular flexibility index (Phi) is 7.95. The zero-order valence-electron chi connectivity index (χ0n) is 16.9. The van der Waals surface area contributed by atoms with Gasteiger partial charge in [-0.15, -0.1) is 11.6 Å². The van der Waals surface area contributed by atoms with Gasteiger partial charge in [0.25, 0.3) is 0 Å². The molecule has 2 rings (SSSR count). The highest BCUT2D eigenvalue weighted by atomic mass is 35.5. The van der Waals surface area contributed by atoms with Crippen molar-refractivity contribution in [2.24, 2.45) is 0 Å². The van der Waals surface area contributed by atoms with Crippen molar-refractivity contribution in [2.45, 2.75) is 38.8 Å². The number of alkyl halides is 4. The molecule has 0 amide bonds. The highest BCUT2D eigenvalue weighted by Gasteiger charge is 2.43. The molecular formula is C21H23ClF3NO4. The fraction of sp³-hybridized carbons (Fsp3) is 0.429. The average Bonchev–Trinajstić information content (AvgIpc) is 2.69. The number of allylic oxidation sites excluding steroid dienone is 2. The number of ether oxygens (including phenoxy) is 2. The number of benzene rings is 1. The number of hydrogen-bond acceptors (Lipinski definition) is 5. The van der Waals surface area contributed by atoms with E-state index < -0.39 is 29.6 Å². The summed E-state index contributed by atoms with van der Waals surface area (Å²) in [5, 5.41) is 2.89. The van der Waals surface area contributed by atoms with Crippen molar-refractivity contribution < 1.29 is 32.2 Å². The van der Waals surface area contributed by atoms with Crippen molar-refractivity contribution in [3.63, 3.8) is 0 Å². The molecule has 0 aliphatic carbocycles. The van der Waals surface area contributed by atoms with Crippen LogP contribution in [0.4, 0.5) is 13.2 Å². The smallest absolute Gasteiger partial charge is 0.416 e. The van der Waals surface area contributed by atoms with Crippen LogP contribution in [0.15, 0.2) is 46.8 Å². The maximum Gasteiger partial charge on any atom is 0.416 e. The minimum absolute atomic E-state index is 0.0617. The third-order valence-corrected chi connectivity index (χ3v) is 4.99. The minimum atomic E-state index is -4.68. The molecule has 1 heterocycles. The summed E-state index contributed by atoms with van der Waals surface area (Å²) in [5.41, 5.74) is -0.690. The number of rotatable bonds is 7. The van der Waals surface area contributed by atoms with Gasteiger partial charge in [0, 0.05) is 17.3 Å². The first-order chi connectivity index (χ1) is 14.1. The summed E-state index contributed by atoms with van der Waals surface area (Å²) in [6, 6.07) is 4.85. The summed E-state index contributed by atoms with van der Waals surface area (Å²) in [5.74, 6) is -2.53. The van der Waals surface area contributed by atoms with Gasteiger partial charge in [-0.1, -0.05) is 18.2 Å². The predicted molar refractivity (Wildman–Crippen MR) is 106 cm³/mol. The summed E-state index contributed by atoms with van der Waals surface area (Å²) in [6.07, 6.45) is -3.55. The Morgan fingerprint density at radius 2 is 1.67 bits per heavy atom. The molecule has 0 fully saturated rings. The lowest BCUT2D eigenvalue weighted by Crippen LogP contribution is -2.33. The van der Waals surface area contributed by atoms with Crippen LogP contribution in [-0.2, 0) is 25.2 Å². The Hall–Kier alpha value is -2.48. The van der Waals surface area contributed by atoms with Crippen molar-refractivity contribution in [3.8, 4) is 0 Å². The molecule has 0 saturated heterocycles. The van der Waals surface area contributed by atoms with Crippen LogP contribution in [0.2, 0.25) is 0 Å².